The Hall–Kier alpha value is -6.33. The fraction of sp³-hybridized carbons (Fsp3) is 0.0238. The highest BCUT2D eigenvalue weighted by molar-refractivity contribution is 5.96. The van der Waals surface area contributed by atoms with Crippen LogP contribution in [0.3, 0.4) is 0 Å². The molecule has 5 aromatic carbocycles. The van der Waals surface area contributed by atoms with E-state index in [1.807, 2.05) is 29.9 Å². The predicted octanol–water partition coefficient (Wildman–Crippen LogP) is 10.1. The molecule has 0 saturated carbocycles. The number of hydrogen-bond acceptors (Lipinski definition) is 4. The summed E-state index contributed by atoms with van der Waals surface area (Å²) in [6.07, 6.45) is 5.01. The molecule has 3 aromatic heterocycles. The summed E-state index contributed by atoms with van der Waals surface area (Å²) in [4.78, 5) is 14.0. The molecule has 224 valence electrons. The van der Waals surface area contributed by atoms with E-state index in [1.54, 1.807) is 12.3 Å². The number of nitrogens with zero attached hydrogens (tertiary/aromatic N) is 4. The molecule has 0 spiro atoms. The molecular weight excluding hydrogens is 576 g/mol. The SMILES string of the molecule is Cn1c(-c2ccncc2O)nc2c(-c3cc(-c4ccccc4)cc(-c4cc(-c5ccc(-c6ccccc6)cc5)ccn4)c3)cccc21. The molecule has 0 aliphatic carbocycles. The van der Waals surface area contributed by atoms with Gasteiger partial charge in [0.05, 0.1) is 28.5 Å². The normalized spacial score (nSPS) is 11.2. The van der Waals surface area contributed by atoms with E-state index in [4.69, 9.17) is 9.97 Å². The van der Waals surface area contributed by atoms with Gasteiger partial charge in [0.1, 0.15) is 11.6 Å². The van der Waals surface area contributed by atoms with Gasteiger partial charge in [0.2, 0.25) is 0 Å². The summed E-state index contributed by atoms with van der Waals surface area (Å²) < 4.78 is 2.02. The molecule has 5 nitrogen and oxygen atoms in total. The molecule has 0 bridgehead atoms. The molecule has 8 rings (SSSR count). The van der Waals surface area contributed by atoms with Crippen molar-refractivity contribution in [3.63, 3.8) is 0 Å². The molecule has 5 heteroatoms. The predicted molar refractivity (Wildman–Crippen MR) is 191 cm³/mol. The highest BCUT2D eigenvalue weighted by Gasteiger charge is 2.18. The average molecular weight is 607 g/mol. The van der Waals surface area contributed by atoms with E-state index >= 15 is 0 Å². The van der Waals surface area contributed by atoms with Gasteiger partial charge in [0.25, 0.3) is 0 Å². The first-order valence-electron chi connectivity index (χ1n) is 15.5. The van der Waals surface area contributed by atoms with Crippen molar-refractivity contribution in [2.75, 3.05) is 0 Å². The maximum atomic E-state index is 10.6. The number of aryl methyl sites for hydroxylation is 1. The number of imidazole rings is 1. The maximum absolute atomic E-state index is 10.6. The van der Waals surface area contributed by atoms with Crippen LogP contribution in [0.2, 0.25) is 0 Å². The summed E-state index contributed by atoms with van der Waals surface area (Å²) in [7, 11) is 1.97. The quantitative estimate of drug-likeness (QED) is 0.205. The van der Waals surface area contributed by atoms with E-state index in [0.29, 0.717) is 11.4 Å². The second-order valence-electron chi connectivity index (χ2n) is 11.6. The summed E-state index contributed by atoms with van der Waals surface area (Å²) in [6.45, 7) is 0. The number of para-hydroxylation sites is 1. The number of benzene rings is 5. The fourth-order valence-corrected chi connectivity index (χ4v) is 6.25. The maximum Gasteiger partial charge on any atom is 0.144 e. The van der Waals surface area contributed by atoms with Gasteiger partial charge in [-0.3, -0.25) is 9.97 Å². The van der Waals surface area contributed by atoms with Gasteiger partial charge in [-0.2, -0.15) is 0 Å². The van der Waals surface area contributed by atoms with Gasteiger partial charge in [-0.05, 0) is 81.4 Å². The fourth-order valence-electron chi connectivity index (χ4n) is 6.25. The Morgan fingerprint density at radius 2 is 1.15 bits per heavy atom. The minimum absolute atomic E-state index is 0.0986. The molecule has 0 amide bonds. The summed E-state index contributed by atoms with van der Waals surface area (Å²) in [5.41, 5.74) is 13.3. The smallest absolute Gasteiger partial charge is 0.144 e. The Morgan fingerprint density at radius 1 is 0.511 bits per heavy atom. The molecular formula is C42H30N4O. The Kier molecular flexibility index (Phi) is 7.12. The number of aromatic nitrogens is 4. The lowest BCUT2D eigenvalue weighted by atomic mass is 9.93. The van der Waals surface area contributed by atoms with E-state index in [1.165, 1.54) is 17.3 Å². The largest absolute Gasteiger partial charge is 0.506 e. The topological polar surface area (TPSA) is 63.8 Å². The summed E-state index contributed by atoms with van der Waals surface area (Å²) in [5.74, 6) is 0.779. The first-order chi connectivity index (χ1) is 23.1. The Morgan fingerprint density at radius 3 is 1.87 bits per heavy atom. The van der Waals surface area contributed by atoms with E-state index in [9.17, 15) is 5.11 Å². The van der Waals surface area contributed by atoms with Crippen LogP contribution in [0, 0.1) is 0 Å². The summed E-state index contributed by atoms with van der Waals surface area (Å²) >= 11 is 0. The highest BCUT2D eigenvalue weighted by atomic mass is 16.3. The van der Waals surface area contributed by atoms with Crippen LogP contribution in [-0.2, 0) is 7.05 Å². The third-order valence-electron chi connectivity index (χ3n) is 8.68. The third kappa shape index (κ3) is 5.34. The molecule has 1 N–H and O–H groups in total. The second-order valence-corrected chi connectivity index (χ2v) is 11.6. The number of aromatic hydroxyl groups is 1. The average Bonchev–Trinajstić information content (AvgIpc) is 3.48. The molecule has 0 fully saturated rings. The van der Waals surface area contributed by atoms with Gasteiger partial charge in [-0.25, -0.2) is 4.98 Å². The zero-order valence-corrected chi connectivity index (χ0v) is 25.7. The summed E-state index contributed by atoms with van der Waals surface area (Å²) in [6, 6.07) is 48.4. The minimum atomic E-state index is 0.0986. The molecule has 0 saturated heterocycles. The van der Waals surface area contributed by atoms with Crippen molar-refractivity contribution >= 4 is 11.0 Å². The minimum Gasteiger partial charge on any atom is -0.506 e. The van der Waals surface area contributed by atoms with Gasteiger partial charge in [-0.1, -0.05) is 97.1 Å². The lowest BCUT2D eigenvalue weighted by Crippen LogP contribution is -1.93. The number of fused-ring (bicyclic) bond motifs is 1. The molecule has 8 aromatic rings. The zero-order valence-electron chi connectivity index (χ0n) is 25.7. The lowest BCUT2D eigenvalue weighted by molar-refractivity contribution is 0.474. The van der Waals surface area contributed by atoms with Gasteiger partial charge in [0, 0.05) is 30.6 Å². The number of pyridine rings is 2. The van der Waals surface area contributed by atoms with Gasteiger partial charge < -0.3 is 9.67 Å². The molecule has 0 aliphatic heterocycles. The van der Waals surface area contributed by atoms with E-state index in [2.05, 4.69) is 126 Å². The van der Waals surface area contributed by atoms with Crippen LogP contribution in [0.25, 0.3) is 78.2 Å². The Labute approximate surface area is 273 Å². The first kappa shape index (κ1) is 28.2. The Balaban J connectivity index is 1.25. The molecule has 47 heavy (non-hydrogen) atoms. The standard InChI is InChI=1S/C42H30N4O/c1-46-39-14-8-13-36(41(39)45-42(46)37-20-21-43-27-40(37)47)34-23-33(29-11-6-3-7-12-29)24-35(25-34)38-26-32(19-22-44-38)31-17-15-30(16-18-31)28-9-4-2-5-10-28/h2-27,47H,1H3. The lowest BCUT2D eigenvalue weighted by Gasteiger charge is -2.12. The number of rotatable bonds is 6. The van der Waals surface area contributed by atoms with Crippen LogP contribution in [-0.4, -0.2) is 24.6 Å². The number of hydrogen-bond donors (Lipinski definition) is 1. The van der Waals surface area contributed by atoms with Crippen molar-refractivity contribution in [3.05, 3.63) is 158 Å². The molecule has 0 atom stereocenters. The van der Waals surface area contributed by atoms with Crippen LogP contribution < -0.4 is 0 Å². The van der Waals surface area contributed by atoms with Crippen molar-refractivity contribution < 1.29 is 5.11 Å². The highest BCUT2D eigenvalue weighted by Crippen LogP contribution is 2.38. The van der Waals surface area contributed by atoms with E-state index < -0.39 is 0 Å². The molecule has 0 unspecified atom stereocenters. The van der Waals surface area contributed by atoms with Crippen molar-refractivity contribution in [3.8, 4) is 72.9 Å². The van der Waals surface area contributed by atoms with Crippen molar-refractivity contribution in [1.29, 1.82) is 0 Å². The second kappa shape index (κ2) is 11.9. The van der Waals surface area contributed by atoms with E-state index in [-0.39, 0.29) is 5.75 Å². The zero-order chi connectivity index (χ0) is 31.7. The van der Waals surface area contributed by atoms with Crippen molar-refractivity contribution in [2.45, 2.75) is 0 Å². The monoisotopic (exact) mass is 606 g/mol. The Bertz CT molecular complexity index is 2360. The van der Waals surface area contributed by atoms with Crippen LogP contribution in [0.4, 0.5) is 0 Å². The first-order valence-corrected chi connectivity index (χ1v) is 15.5. The van der Waals surface area contributed by atoms with Crippen LogP contribution in [0.5, 0.6) is 5.75 Å². The van der Waals surface area contributed by atoms with Gasteiger partial charge >= 0.3 is 0 Å². The van der Waals surface area contributed by atoms with E-state index in [0.717, 1.165) is 55.7 Å². The third-order valence-corrected chi connectivity index (χ3v) is 8.68. The van der Waals surface area contributed by atoms with Crippen molar-refractivity contribution in [1.82, 2.24) is 19.5 Å². The van der Waals surface area contributed by atoms with Gasteiger partial charge in [0.15, 0.2) is 0 Å². The molecule has 3 heterocycles. The van der Waals surface area contributed by atoms with Crippen molar-refractivity contribution in [2.24, 2.45) is 7.05 Å². The van der Waals surface area contributed by atoms with Gasteiger partial charge in [-0.15, -0.1) is 0 Å². The van der Waals surface area contributed by atoms with Crippen LogP contribution in [0.15, 0.2) is 158 Å². The molecule has 0 aliphatic rings. The van der Waals surface area contributed by atoms with Crippen LogP contribution in [0.1, 0.15) is 0 Å². The molecule has 0 radical (unpaired) electrons. The van der Waals surface area contributed by atoms with Crippen LogP contribution >= 0.6 is 0 Å². The summed E-state index contributed by atoms with van der Waals surface area (Å²) in [5, 5.41) is 10.6.